The van der Waals surface area contributed by atoms with Crippen LogP contribution in [0, 0.1) is 11.6 Å². The van der Waals surface area contributed by atoms with Crippen LogP contribution in [0.3, 0.4) is 0 Å². The van der Waals surface area contributed by atoms with Crippen molar-refractivity contribution < 1.29 is 13.6 Å². The van der Waals surface area contributed by atoms with Crippen molar-refractivity contribution in [2.75, 3.05) is 10.6 Å². The van der Waals surface area contributed by atoms with E-state index in [2.05, 4.69) is 20.6 Å². The van der Waals surface area contributed by atoms with Gasteiger partial charge in [-0.25, -0.2) is 13.8 Å². The molecule has 2 N–H and O–H groups in total. The highest BCUT2D eigenvalue weighted by molar-refractivity contribution is 6.08. The molecule has 5 nitrogen and oxygen atoms in total. The zero-order chi connectivity index (χ0) is 19.5. The Morgan fingerprint density at radius 3 is 2.36 bits per heavy atom. The molecular formula is C21H14F2N4O. The van der Waals surface area contributed by atoms with Gasteiger partial charge in [0, 0.05) is 17.8 Å². The molecule has 0 bridgehead atoms. The minimum absolute atomic E-state index is 0.215. The number of hydrogen-bond acceptors (Lipinski definition) is 4. The largest absolute Gasteiger partial charge is 0.335 e. The molecule has 0 saturated heterocycles. The maximum absolute atomic E-state index is 13.7. The summed E-state index contributed by atoms with van der Waals surface area (Å²) in [6.45, 7) is 0. The molecule has 138 valence electrons. The number of carbonyl (C=O) groups excluding carboxylic acids is 1. The number of para-hydroxylation sites is 2. The smallest absolute Gasteiger partial charge is 0.257 e. The Kier molecular flexibility index (Phi) is 4.63. The van der Waals surface area contributed by atoms with Crippen LogP contribution in [0.15, 0.2) is 73.1 Å². The third-order valence-corrected chi connectivity index (χ3v) is 4.12. The SMILES string of the molecule is O=C(Nc1cccc2cccnc12)c1ccc(Nc2c(F)cccc2F)nc1. The van der Waals surface area contributed by atoms with E-state index in [9.17, 15) is 13.6 Å². The van der Waals surface area contributed by atoms with Crippen molar-refractivity contribution in [2.24, 2.45) is 0 Å². The molecule has 2 heterocycles. The fourth-order valence-electron chi connectivity index (χ4n) is 2.75. The fourth-order valence-corrected chi connectivity index (χ4v) is 2.75. The van der Waals surface area contributed by atoms with Gasteiger partial charge in [0.1, 0.15) is 23.1 Å². The average molecular weight is 376 g/mol. The molecule has 0 aliphatic carbocycles. The number of anilines is 3. The summed E-state index contributed by atoms with van der Waals surface area (Å²) >= 11 is 0. The molecule has 28 heavy (non-hydrogen) atoms. The van der Waals surface area contributed by atoms with Crippen LogP contribution in [0.5, 0.6) is 0 Å². The second-order valence-electron chi connectivity index (χ2n) is 5.99. The Labute approximate surface area is 159 Å². The molecular weight excluding hydrogens is 362 g/mol. The zero-order valence-electron chi connectivity index (χ0n) is 14.5. The molecule has 0 atom stereocenters. The summed E-state index contributed by atoms with van der Waals surface area (Å²) < 4.78 is 27.4. The van der Waals surface area contributed by atoms with Gasteiger partial charge in [0.15, 0.2) is 0 Å². The minimum atomic E-state index is -0.730. The number of halogens is 2. The van der Waals surface area contributed by atoms with Gasteiger partial charge >= 0.3 is 0 Å². The van der Waals surface area contributed by atoms with Crippen molar-refractivity contribution >= 4 is 34.0 Å². The highest BCUT2D eigenvalue weighted by Gasteiger charge is 2.12. The normalized spacial score (nSPS) is 10.6. The van der Waals surface area contributed by atoms with Gasteiger partial charge in [-0.05, 0) is 36.4 Å². The number of rotatable bonds is 4. The third-order valence-electron chi connectivity index (χ3n) is 4.12. The van der Waals surface area contributed by atoms with Gasteiger partial charge in [0.05, 0.1) is 16.8 Å². The predicted molar refractivity (Wildman–Crippen MR) is 104 cm³/mol. The Hall–Kier alpha value is -3.87. The highest BCUT2D eigenvalue weighted by Crippen LogP contribution is 2.23. The van der Waals surface area contributed by atoms with Gasteiger partial charge in [-0.3, -0.25) is 9.78 Å². The first-order valence-electron chi connectivity index (χ1n) is 8.44. The summed E-state index contributed by atoms with van der Waals surface area (Å²) in [6, 6.07) is 15.8. The van der Waals surface area contributed by atoms with E-state index in [1.165, 1.54) is 24.4 Å². The molecule has 2 aromatic heterocycles. The van der Waals surface area contributed by atoms with E-state index in [-0.39, 0.29) is 17.4 Å². The topological polar surface area (TPSA) is 66.9 Å². The van der Waals surface area contributed by atoms with Crippen LogP contribution in [0.4, 0.5) is 26.0 Å². The van der Waals surface area contributed by atoms with Gasteiger partial charge in [-0.1, -0.05) is 24.3 Å². The van der Waals surface area contributed by atoms with Crippen LogP contribution >= 0.6 is 0 Å². The zero-order valence-corrected chi connectivity index (χ0v) is 14.5. The van der Waals surface area contributed by atoms with Crippen LogP contribution in [0.25, 0.3) is 10.9 Å². The van der Waals surface area contributed by atoms with Gasteiger partial charge in [-0.15, -0.1) is 0 Å². The Bertz CT molecular complexity index is 1140. The van der Waals surface area contributed by atoms with E-state index >= 15 is 0 Å². The van der Waals surface area contributed by atoms with E-state index in [1.54, 1.807) is 12.3 Å². The second kappa shape index (κ2) is 7.40. The van der Waals surface area contributed by atoms with E-state index < -0.39 is 11.6 Å². The molecule has 0 spiro atoms. The number of pyridine rings is 2. The van der Waals surface area contributed by atoms with Crippen molar-refractivity contribution in [3.05, 3.63) is 90.3 Å². The molecule has 4 rings (SSSR count). The number of nitrogens with zero attached hydrogens (tertiary/aromatic N) is 2. The van der Waals surface area contributed by atoms with Crippen LogP contribution in [-0.2, 0) is 0 Å². The molecule has 0 aliphatic rings. The number of amides is 1. The lowest BCUT2D eigenvalue weighted by atomic mass is 10.2. The molecule has 0 unspecified atom stereocenters. The maximum Gasteiger partial charge on any atom is 0.257 e. The number of fused-ring (bicyclic) bond motifs is 1. The summed E-state index contributed by atoms with van der Waals surface area (Å²) in [4.78, 5) is 20.9. The minimum Gasteiger partial charge on any atom is -0.335 e. The monoisotopic (exact) mass is 376 g/mol. The number of benzene rings is 2. The number of hydrogen-bond donors (Lipinski definition) is 2. The molecule has 0 aliphatic heterocycles. The summed E-state index contributed by atoms with van der Waals surface area (Å²) in [7, 11) is 0. The first kappa shape index (κ1) is 17.5. The number of carbonyl (C=O) groups is 1. The van der Waals surface area contributed by atoms with Crippen molar-refractivity contribution in [1.82, 2.24) is 9.97 Å². The van der Waals surface area contributed by atoms with Gasteiger partial charge < -0.3 is 10.6 Å². The summed E-state index contributed by atoms with van der Waals surface area (Å²) in [5, 5.41) is 6.29. The summed E-state index contributed by atoms with van der Waals surface area (Å²) in [5.41, 5.74) is 1.26. The predicted octanol–water partition coefficient (Wildman–Crippen LogP) is 4.90. The fraction of sp³-hybridized carbons (Fsp3) is 0. The number of aromatic nitrogens is 2. The Balaban J connectivity index is 1.53. The van der Waals surface area contributed by atoms with E-state index in [0.29, 0.717) is 16.8 Å². The molecule has 0 fully saturated rings. The lowest BCUT2D eigenvalue weighted by molar-refractivity contribution is 0.102. The first-order chi connectivity index (χ1) is 13.6. The molecule has 1 amide bonds. The van der Waals surface area contributed by atoms with Crippen molar-refractivity contribution in [2.45, 2.75) is 0 Å². The van der Waals surface area contributed by atoms with Crippen LogP contribution in [0.1, 0.15) is 10.4 Å². The van der Waals surface area contributed by atoms with Gasteiger partial charge in [0.25, 0.3) is 5.91 Å². The standard InChI is InChI=1S/C21H14F2N4O/c22-15-6-2-7-16(23)20(15)27-18-10-9-14(12-25-18)21(28)26-17-8-1-4-13-5-3-11-24-19(13)17/h1-12H,(H,25,27)(H,26,28). The van der Waals surface area contributed by atoms with Crippen LogP contribution < -0.4 is 10.6 Å². The number of nitrogens with one attached hydrogen (secondary N) is 2. The average Bonchev–Trinajstić information content (AvgIpc) is 2.71. The molecule has 2 aromatic carbocycles. The van der Waals surface area contributed by atoms with Gasteiger partial charge in [-0.2, -0.15) is 0 Å². The van der Waals surface area contributed by atoms with E-state index in [4.69, 9.17) is 0 Å². The van der Waals surface area contributed by atoms with Crippen molar-refractivity contribution in [3.63, 3.8) is 0 Å². The maximum atomic E-state index is 13.7. The molecule has 7 heteroatoms. The van der Waals surface area contributed by atoms with E-state index in [0.717, 1.165) is 17.5 Å². The highest BCUT2D eigenvalue weighted by atomic mass is 19.1. The Morgan fingerprint density at radius 2 is 1.61 bits per heavy atom. The van der Waals surface area contributed by atoms with Crippen LogP contribution in [0.2, 0.25) is 0 Å². The van der Waals surface area contributed by atoms with Crippen LogP contribution in [-0.4, -0.2) is 15.9 Å². The molecule has 0 radical (unpaired) electrons. The molecule has 4 aromatic rings. The molecule has 0 saturated carbocycles. The first-order valence-corrected chi connectivity index (χ1v) is 8.44. The van der Waals surface area contributed by atoms with Gasteiger partial charge in [0.2, 0.25) is 0 Å². The third kappa shape index (κ3) is 3.50. The lowest BCUT2D eigenvalue weighted by Crippen LogP contribution is -2.13. The van der Waals surface area contributed by atoms with E-state index in [1.807, 2.05) is 24.3 Å². The van der Waals surface area contributed by atoms with Crippen molar-refractivity contribution in [1.29, 1.82) is 0 Å². The Morgan fingerprint density at radius 1 is 0.857 bits per heavy atom. The van der Waals surface area contributed by atoms with Crippen molar-refractivity contribution in [3.8, 4) is 0 Å². The second-order valence-corrected chi connectivity index (χ2v) is 5.99. The lowest BCUT2D eigenvalue weighted by Gasteiger charge is -2.10. The summed E-state index contributed by atoms with van der Waals surface area (Å²) in [5.74, 6) is -1.61. The summed E-state index contributed by atoms with van der Waals surface area (Å²) in [6.07, 6.45) is 2.98. The quantitative estimate of drug-likeness (QED) is 0.531.